The van der Waals surface area contributed by atoms with E-state index >= 15 is 0 Å². The number of hydrogen-bond donors (Lipinski definition) is 1. The van der Waals surface area contributed by atoms with Crippen molar-refractivity contribution in [1.29, 1.82) is 0 Å². The summed E-state index contributed by atoms with van der Waals surface area (Å²) >= 11 is 1.24. The Bertz CT molecular complexity index is 720. The fourth-order valence-electron chi connectivity index (χ4n) is 2.24. The molecule has 0 spiro atoms. The van der Waals surface area contributed by atoms with E-state index in [0.29, 0.717) is 6.54 Å². The number of benzene rings is 2. The summed E-state index contributed by atoms with van der Waals surface area (Å²) in [5.41, 5.74) is 1.82. The van der Waals surface area contributed by atoms with Crippen LogP contribution in [0.25, 0.3) is 0 Å². The molecule has 0 aliphatic carbocycles. The highest BCUT2D eigenvalue weighted by atomic mass is 32.2. The van der Waals surface area contributed by atoms with Crippen molar-refractivity contribution in [2.24, 2.45) is 0 Å². The number of carbonyl (C=O) groups is 3. The van der Waals surface area contributed by atoms with Gasteiger partial charge < -0.3 is 10.2 Å². The SMILES string of the molecule is CSC(=O)c1ccccc1.O=C1CN(Cc2ccccc2)C(=O)CN1. The van der Waals surface area contributed by atoms with Crippen molar-refractivity contribution < 1.29 is 14.4 Å². The predicted molar refractivity (Wildman–Crippen MR) is 99.2 cm³/mol. The molecule has 3 rings (SSSR count). The zero-order valence-corrected chi connectivity index (χ0v) is 14.8. The zero-order chi connectivity index (χ0) is 18.1. The summed E-state index contributed by atoms with van der Waals surface area (Å²) in [5, 5.41) is 2.64. The highest BCUT2D eigenvalue weighted by Gasteiger charge is 2.22. The van der Waals surface area contributed by atoms with Gasteiger partial charge in [0.25, 0.3) is 0 Å². The molecule has 0 unspecified atom stereocenters. The number of carbonyl (C=O) groups excluding carboxylic acids is 3. The van der Waals surface area contributed by atoms with Crippen LogP contribution in [0.2, 0.25) is 0 Å². The lowest BCUT2D eigenvalue weighted by molar-refractivity contribution is -0.141. The summed E-state index contributed by atoms with van der Waals surface area (Å²) in [6.45, 7) is 0.784. The van der Waals surface area contributed by atoms with Crippen molar-refractivity contribution in [2.75, 3.05) is 19.3 Å². The van der Waals surface area contributed by atoms with Crippen molar-refractivity contribution in [3.8, 4) is 0 Å². The van der Waals surface area contributed by atoms with Gasteiger partial charge in [0, 0.05) is 12.1 Å². The van der Waals surface area contributed by atoms with Gasteiger partial charge in [-0.05, 0) is 11.8 Å². The molecule has 130 valence electrons. The largest absolute Gasteiger partial charge is 0.345 e. The normalized spacial score (nSPS) is 13.6. The minimum Gasteiger partial charge on any atom is -0.345 e. The number of nitrogens with one attached hydrogen (secondary N) is 1. The summed E-state index contributed by atoms with van der Waals surface area (Å²) in [5.74, 6) is -0.121. The third-order valence-electron chi connectivity index (χ3n) is 3.54. The van der Waals surface area contributed by atoms with Crippen LogP contribution in [0.5, 0.6) is 0 Å². The number of amides is 2. The fourth-order valence-corrected chi connectivity index (χ4v) is 2.62. The number of piperazine rings is 1. The number of hydrogen-bond acceptors (Lipinski definition) is 4. The van der Waals surface area contributed by atoms with E-state index in [4.69, 9.17) is 0 Å². The van der Waals surface area contributed by atoms with Crippen molar-refractivity contribution in [1.82, 2.24) is 10.2 Å². The van der Waals surface area contributed by atoms with Gasteiger partial charge in [-0.2, -0.15) is 0 Å². The van der Waals surface area contributed by atoms with Gasteiger partial charge in [-0.15, -0.1) is 0 Å². The number of rotatable bonds is 3. The van der Waals surface area contributed by atoms with Crippen molar-refractivity contribution >= 4 is 28.7 Å². The molecular formula is C19H20N2O3S. The maximum atomic E-state index is 11.5. The molecule has 1 N–H and O–H groups in total. The molecule has 2 amide bonds. The summed E-state index contributed by atoms with van der Waals surface area (Å²) in [6.07, 6.45) is 1.79. The van der Waals surface area contributed by atoms with Crippen LogP contribution in [0.1, 0.15) is 15.9 Å². The Morgan fingerprint density at radius 3 is 2.24 bits per heavy atom. The first-order chi connectivity index (χ1) is 12.1. The van der Waals surface area contributed by atoms with Crippen molar-refractivity contribution in [3.63, 3.8) is 0 Å². The van der Waals surface area contributed by atoms with Gasteiger partial charge in [0.1, 0.15) is 0 Å². The van der Waals surface area contributed by atoms with E-state index in [1.807, 2.05) is 60.7 Å². The van der Waals surface area contributed by atoms with Gasteiger partial charge in [0.2, 0.25) is 16.9 Å². The van der Waals surface area contributed by atoms with Crippen LogP contribution in [-0.2, 0) is 16.1 Å². The second-order valence-electron chi connectivity index (χ2n) is 5.37. The highest BCUT2D eigenvalue weighted by Crippen LogP contribution is 2.07. The maximum Gasteiger partial charge on any atom is 0.242 e. The Balaban J connectivity index is 0.000000196. The van der Waals surface area contributed by atoms with Crippen LogP contribution in [0.3, 0.4) is 0 Å². The molecule has 1 saturated heterocycles. The molecule has 1 aliphatic rings. The van der Waals surface area contributed by atoms with E-state index in [9.17, 15) is 14.4 Å². The molecule has 2 aromatic carbocycles. The molecule has 0 radical (unpaired) electrons. The lowest BCUT2D eigenvalue weighted by Gasteiger charge is -2.26. The standard InChI is InChI=1S/C11H12N2O2.C8H8OS/c14-10-8-13(11(15)6-12-10)7-9-4-2-1-3-5-9;1-10-8(9)7-5-3-2-4-6-7/h1-5H,6-8H2,(H,12,14);2-6H,1H3. The Kier molecular flexibility index (Phi) is 7.22. The molecule has 0 aromatic heterocycles. The molecule has 0 bridgehead atoms. The second kappa shape index (κ2) is 9.64. The fraction of sp³-hybridized carbons (Fsp3) is 0.211. The van der Waals surface area contributed by atoms with E-state index in [0.717, 1.165) is 11.1 Å². The number of nitrogens with zero attached hydrogens (tertiary/aromatic N) is 1. The number of thioether (sulfide) groups is 1. The van der Waals surface area contributed by atoms with Crippen molar-refractivity contribution in [2.45, 2.75) is 6.54 Å². The average molecular weight is 356 g/mol. The van der Waals surface area contributed by atoms with Gasteiger partial charge in [-0.25, -0.2) is 0 Å². The monoisotopic (exact) mass is 356 g/mol. The van der Waals surface area contributed by atoms with E-state index in [-0.39, 0.29) is 30.0 Å². The lowest BCUT2D eigenvalue weighted by Crippen LogP contribution is -2.50. The minimum absolute atomic E-state index is 0.0292. The predicted octanol–water partition coefficient (Wildman–Crippen LogP) is 2.33. The Morgan fingerprint density at radius 1 is 1.04 bits per heavy atom. The molecule has 0 saturated carbocycles. The van der Waals surface area contributed by atoms with Crippen LogP contribution < -0.4 is 5.32 Å². The molecular weight excluding hydrogens is 336 g/mol. The first-order valence-corrected chi connectivity index (χ1v) is 9.04. The highest BCUT2D eigenvalue weighted by molar-refractivity contribution is 8.13. The topological polar surface area (TPSA) is 66.5 Å². The van der Waals surface area contributed by atoms with E-state index < -0.39 is 0 Å². The van der Waals surface area contributed by atoms with Gasteiger partial charge in [-0.3, -0.25) is 14.4 Å². The third kappa shape index (κ3) is 6.08. The van der Waals surface area contributed by atoms with Gasteiger partial charge in [0.15, 0.2) is 0 Å². The summed E-state index contributed by atoms with van der Waals surface area (Å²) < 4.78 is 0. The van der Waals surface area contributed by atoms with Crippen LogP contribution in [-0.4, -0.2) is 41.2 Å². The Hall–Kier alpha value is -2.60. The Labute approximate surface area is 151 Å². The van der Waals surface area contributed by atoms with E-state index in [1.165, 1.54) is 11.8 Å². The maximum absolute atomic E-state index is 11.5. The van der Waals surface area contributed by atoms with Gasteiger partial charge >= 0.3 is 0 Å². The first-order valence-electron chi connectivity index (χ1n) is 7.82. The third-order valence-corrected chi connectivity index (χ3v) is 4.14. The molecule has 5 nitrogen and oxygen atoms in total. The Morgan fingerprint density at radius 2 is 1.64 bits per heavy atom. The summed E-state index contributed by atoms with van der Waals surface area (Å²) in [6, 6.07) is 18.9. The van der Waals surface area contributed by atoms with Crippen LogP contribution in [0, 0.1) is 0 Å². The van der Waals surface area contributed by atoms with Crippen molar-refractivity contribution in [3.05, 3.63) is 71.8 Å². The molecule has 25 heavy (non-hydrogen) atoms. The van der Waals surface area contributed by atoms with Crippen LogP contribution in [0.4, 0.5) is 0 Å². The minimum atomic E-state index is -0.0921. The smallest absolute Gasteiger partial charge is 0.242 e. The average Bonchev–Trinajstić information content (AvgIpc) is 2.66. The zero-order valence-electron chi connectivity index (χ0n) is 14.0. The molecule has 6 heteroatoms. The molecule has 2 aromatic rings. The van der Waals surface area contributed by atoms with Crippen LogP contribution >= 0.6 is 11.8 Å². The van der Waals surface area contributed by atoms with Gasteiger partial charge in [-0.1, -0.05) is 72.4 Å². The molecule has 0 atom stereocenters. The van der Waals surface area contributed by atoms with Gasteiger partial charge in [0.05, 0.1) is 13.1 Å². The molecule has 1 aliphatic heterocycles. The molecule has 1 fully saturated rings. The van der Waals surface area contributed by atoms with E-state index in [1.54, 1.807) is 11.2 Å². The first kappa shape index (κ1) is 18.7. The summed E-state index contributed by atoms with van der Waals surface area (Å²) in [7, 11) is 0. The van der Waals surface area contributed by atoms with Crippen LogP contribution in [0.15, 0.2) is 60.7 Å². The second-order valence-corrected chi connectivity index (χ2v) is 6.15. The quantitative estimate of drug-likeness (QED) is 0.917. The summed E-state index contributed by atoms with van der Waals surface area (Å²) in [4.78, 5) is 35.1. The van der Waals surface area contributed by atoms with E-state index in [2.05, 4.69) is 5.32 Å². The molecule has 1 heterocycles. The lowest BCUT2D eigenvalue weighted by atomic mass is 10.2.